The van der Waals surface area contributed by atoms with Crippen molar-refractivity contribution in [1.29, 1.82) is 0 Å². The quantitative estimate of drug-likeness (QED) is 0.172. The van der Waals surface area contributed by atoms with Crippen molar-refractivity contribution < 1.29 is 0 Å². The smallest absolute Gasteiger partial charge is 0.0430 e. The second kappa shape index (κ2) is 12.5. The van der Waals surface area contributed by atoms with Gasteiger partial charge in [0.05, 0.1) is 0 Å². The zero-order valence-corrected chi connectivity index (χ0v) is 25.1. The Balaban J connectivity index is 1.45. The van der Waals surface area contributed by atoms with E-state index in [1.54, 1.807) is 0 Å². The molecule has 0 nitrogen and oxygen atoms in total. The first-order chi connectivity index (χ1) is 19.5. The van der Waals surface area contributed by atoms with E-state index in [0.29, 0.717) is 5.92 Å². The van der Waals surface area contributed by atoms with E-state index in [0.717, 1.165) is 6.42 Å². The molecule has 0 fully saturated rings. The van der Waals surface area contributed by atoms with Crippen LogP contribution < -0.4 is 0 Å². The van der Waals surface area contributed by atoms with E-state index in [-0.39, 0.29) is 0 Å². The Morgan fingerprint density at radius 3 is 2.33 bits per heavy atom. The third kappa shape index (κ3) is 5.81. The molecule has 1 unspecified atom stereocenters. The Labute approximate surface area is 244 Å². The van der Waals surface area contributed by atoms with Crippen LogP contribution >= 0.6 is 11.3 Å². The number of hydrogen-bond donors (Lipinski definition) is 0. The van der Waals surface area contributed by atoms with E-state index in [1.165, 1.54) is 65.0 Å². The summed E-state index contributed by atoms with van der Waals surface area (Å²) in [5, 5.41) is 1.35. The van der Waals surface area contributed by atoms with Crippen molar-refractivity contribution >= 4 is 33.1 Å². The summed E-state index contributed by atoms with van der Waals surface area (Å²) < 4.78 is 1.36. The first-order valence-electron chi connectivity index (χ1n) is 14.3. The van der Waals surface area contributed by atoms with Gasteiger partial charge >= 0.3 is 0 Å². The molecular formula is C39H38S. The van der Waals surface area contributed by atoms with Gasteiger partial charge in [-0.1, -0.05) is 117 Å². The first kappa shape index (κ1) is 27.6. The highest BCUT2D eigenvalue weighted by Gasteiger charge is 2.12. The SMILES string of the molecule is CC=Cc1sc2c(-c3cccc(-c4cccc(C(=CC=CC(C)c5ccccc5C)CC)c4)c3)cccc2c1C. The van der Waals surface area contributed by atoms with Gasteiger partial charge in [-0.25, -0.2) is 0 Å². The van der Waals surface area contributed by atoms with Gasteiger partial charge in [-0.15, -0.1) is 11.3 Å². The summed E-state index contributed by atoms with van der Waals surface area (Å²) in [5.41, 5.74) is 11.8. The molecule has 1 heteroatoms. The molecule has 1 aromatic heterocycles. The molecule has 0 radical (unpaired) electrons. The Kier molecular flexibility index (Phi) is 8.63. The van der Waals surface area contributed by atoms with Crippen molar-refractivity contribution in [2.45, 2.75) is 47.0 Å². The number of aryl methyl sites for hydroxylation is 2. The minimum Gasteiger partial charge on any atom is -0.135 e. The molecule has 0 aliphatic rings. The third-order valence-electron chi connectivity index (χ3n) is 7.82. The Morgan fingerprint density at radius 2 is 1.55 bits per heavy atom. The molecule has 40 heavy (non-hydrogen) atoms. The van der Waals surface area contributed by atoms with E-state index in [1.807, 2.05) is 11.3 Å². The van der Waals surface area contributed by atoms with E-state index < -0.39 is 0 Å². The highest BCUT2D eigenvalue weighted by molar-refractivity contribution is 7.20. The monoisotopic (exact) mass is 538 g/mol. The topological polar surface area (TPSA) is 0 Å². The summed E-state index contributed by atoms with van der Waals surface area (Å²) in [6.45, 7) is 11.0. The normalized spacial score (nSPS) is 13.1. The molecule has 0 N–H and O–H groups in total. The van der Waals surface area contributed by atoms with Gasteiger partial charge in [0, 0.05) is 9.58 Å². The largest absolute Gasteiger partial charge is 0.135 e. The van der Waals surface area contributed by atoms with Crippen LogP contribution in [-0.2, 0) is 0 Å². The summed E-state index contributed by atoms with van der Waals surface area (Å²) in [4.78, 5) is 1.34. The maximum atomic E-state index is 2.34. The molecular weight excluding hydrogens is 500 g/mol. The van der Waals surface area contributed by atoms with Gasteiger partial charge in [-0.2, -0.15) is 0 Å². The van der Waals surface area contributed by atoms with E-state index >= 15 is 0 Å². The Morgan fingerprint density at radius 1 is 0.825 bits per heavy atom. The van der Waals surface area contributed by atoms with Crippen LogP contribution in [0.1, 0.15) is 60.2 Å². The van der Waals surface area contributed by atoms with Crippen molar-refractivity contribution in [3.8, 4) is 22.3 Å². The molecule has 5 rings (SSSR count). The highest BCUT2D eigenvalue weighted by Crippen LogP contribution is 2.39. The lowest BCUT2D eigenvalue weighted by atomic mass is 9.94. The van der Waals surface area contributed by atoms with Gasteiger partial charge in [-0.3, -0.25) is 0 Å². The molecule has 0 saturated heterocycles. The highest BCUT2D eigenvalue weighted by atomic mass is 32.1. The molecule has 200 valence electrons. The third-order valence-corrected chi connectivity index (χ3v) is 9.12. The van der Waals surface area contributed by atoms with E-state index in [4.69, 9.17) is 0 Å². The van der Waals surface area contributed by atoms with Crippen LogP contribution in [0.15, 0.2) is 115 Å². The Bertz CT molecular complexity index is 1720. The maximum Gasteiger partial charge on any atom is 0.0430 e. The van der Waals surface area contributed by atoms with Crippen molar-refractivity contribution in [2.75, 3.05) is 0 Å². The average molecular weight is 539 g/mol. The van der Waals surface area contributed by atoms with Gasteiger partial charge < -0.3 is 0 Å². The van der Waals surface area contributed by atoms with Crippen LogP contribution in [-0.4, -0.2) is 0 Å². The lowest BCUT2D eigenvalue weighted by Gasteiger charge is -2.11. The van der Waals surface area contributed by atoms with Gasteiger partial charge in [0.2, 0.25) is 0 Å². The second-order valence-corrected chi connectivity index (χ2v) is 11.6. The molecule has 0 bridgehead atoms. The Hall–Kier alpha value is -3.94. The van der Waals surface area contributed by atoms with Crippen molar-refractivity contribution in [3.63, 3.8) is 0 Å². The van der Waals surface area contributed by atoms with Crippen LogP contribution in [0.3, 0.4) is 0 Å². The zero-order valence-electron chi connectivity index (χ0n) is 24.2. The van der Waals surface area contributed by atoms with Gasteiger partial charge in [0.15, 0.2) is 0 Å². The molecule has 0 amide bonds. The van der Waals surface area contributed by atoms with Crippen molar-refractivity contribution in [1.82, 2.24) is 0 Å². The number of fused-ring (bicyclic) bond motifs is 1. The minimum atomic E-state index is 0.385. The lowest BCUT2D eigenvalue weighted by molar-refractivity contribution is 0.952. The molecule has 1 heterocycles. The number of allylic oxidation sites excluding steroid dienone is 5. The second-order valence-electron chi connectivity index (χ2n) is 10.5. The predicted molar refractivity (Wildman–Crippen MR) is 179 cm³/mol. The standard InChI is InChI=1S/C39H38S/c1-6-14-38-29(5)36-23-13-24-37(39(36)40-38)34-21-12-20-33(26-34)32-19-11-18-31(25-32)30(7-2)17-10-16-28(4)35-22-9-8-15-27(35)3/h6,8-26,28H,7H2,1-5H3. The van der Waals surface area contributed by atoms with Crippen LogP contribution in [0, 0.1) is 13.8 Å². The fourth-order valence-electron chi connectivity index (χ4n) is 5.52. The van der Waals surface area contributed by atoms with Gasteiger partial charge in [-0.05, 0) is 107 Å². The molecule has 0 spiro atoms. The predicted octanol–water partition coefficient (Wildman–Crippen LogP) is 12.0. The van der Waals surface area contributed by atoms with E-state index in [9.17, 15) is 0 Å². The molecule has 1 atom stereocenters. The van der Waals surface area contributed by atoms with Crippen LogP contribution in [0.2, 0.25) is 0 Å². The summed E-state index contributed by atoms with van der Waals surface area (Å²) in [5.74, 6) is 0.385. The summed E-state index contributed by atoms with van der Waals surface area (Å²) >= 11 is 1.89. The minimum absolute atomic E-state index is 0.385. The van der Waals surface area contributed by atoms with Gasteiger partial charge in [0.1, 0.15) is 0 Å². The maximum absolute atomic E-state index is 2.34. The van der Waals surface area contributed by atoms with Crippen LogP contribution in [0.4, 0.5) is 0 Å². The van der Waals surface area contributed by atoms with Crippen LogP contribution in [0.5, 0.6) is 0 Å². The van der Waals surface area contributed by atoms with Crippen molar-refractivity contribution in [2.24, 2.45) is 0 Å². The van der Waals surface area contributed by atoms with E-state index in [2.05, 4.69) is 156 Å². The summed E-state index contributed by atoms with van der Waals surface area (Å²) in [7, 11) is 0. The number of hydrogen-bond acceptors (Lipinski definition) is 1. The number of thiophene rings is 1. The molecule has 0 aliphatic heterocycles. The molecule has 0 saturated carbocycles. The fraction of sp³-hybridized carbons (Fsp3) is 0.179. The van der Waals surface area contributed by atoms with Crippen LogP contribution in [0.25, 0.3) is 44.0 Å². The fourth-order valence-corrected chi connectivity index (χ4v) is 6.84. The molecule has 4 aromatic carbocycles. The zero-order chi connectivity index (χ0) is 28.1. The van der Waals surface area contributed by atoms with Crippen molar-refractivity contribution in [3.05, 3.63) is 142 Å². The van der Waals surface area contributed by atoms with Gasteiger partial charge in [0.25, 0.3) is 0 Å². The molecule has 5 aromatic rings. The first-order valence-corrected chi connectivity index (χ1v) is 15.1. The average Bonchev–Trinajstić information content (AvgIpc) is 3.31. The summed E-state index contributed by atoms with van der Waals surface area (Å²) in [6, 6.07) is 33.4. The number of benzene rings is 4. The summed E-state index contributed by atoms with van der Waals surface area (Å²) in [6.07, 6.45) is 12.2. The molecule has 0 aliphatic carbocycles. The lowest BCUT2D eigenvalue weighted by Crippen LogP contribution is -1.92. The number of rotatable bonds is 8.